The van der Waals surface area contributed by atoms with E-state index >= 15 is 0 Å². The number of aromatic nitrogens is 1. The van der Waals surface area contributed by atoms with Gasteiger partial charge < -0.3 is 14.8 Å². The summed E-state index contributed by atoms with van der Waals surface area (Å²) < 4.78 is 33.3. The second-order valence-electron chi connectivity index (χ2n) is 7.37. The van der Waals surface area contributed by atoms with E-state index in [-0.39, 0.29) is 35.7 Å². The van der Waals surface area contributed by atoms with Crippen LogP contribution in [-0.4, -0.2) is 43.1 Å². The topological polar surface area (TPSA) is 99.7 Å². The maximum absolute atomic E-state index is 13.4. The Hall–Kier alpha value is -2.68. The highest BCUT2D eigenvalue weighted by Crippen LogP contribution is 2.26. The molecule has 160 valence electrons. The number of hydrogen-bond donors (Lipinski definition) is 2. The molecule has 7 nitrogen and oxygen atoms in total. The summed E-state index contributed by atoms with van der Waals surface area (Å²) >= 11 is 0. The number of aromatic amines is 1. The maximum Gasteiger partial charge on any atom is 0.252 e. The van der Waals surface area contributed by atoms with E-state index in [0.29, 0.717) is 22.4 Å². The molecular weight excluding hydrogens is 404 g/mol. The zero-order chi connectivity index (χ0) is 22.1. The monoisotopic (exact) mass is 430 g/mol. The third kappa shape index (κ3) is 4.26. The molecule has 30 heavy (non-hydrogen) atoms. The van der Waals surface area contributed by atoms with Crippen LogP contribution in [0.5, 0.6) is 5.75 Å². The van der Waals surface area contributed by atoms with Crippen molar-refractivity contribution in [2.45, 2.75) is 32.2 Å². The minimum absolute atomic E-state index is 0.120. The Kier molecular flexibility index (Phi) is 6.30. The number of fused-ring (bicyclic) bond motifs is 1. The molecule has 0 unspecified atom stereocenters. The van der Waals surface area contributed by atoms with Gasteiger partial charge in [-0.25, -0.2) is 8.42 Å². The van der Waals surface area contributed by atoms with E-state index in [4.69, 9.17) is 4.74 Å². The normalized spacial score (nSPS) is 11.9. The van der Waals surface area contributed by atoms with Gasteiger partial charge in [-0.3, -0.25) is 4.79 Å². The number of nitrogens with one attached hydrogen (secondary N) is 1. The van der Waals surface area contributed by atoms with Crippen LogP contribution < -0.4 is 10.3 Å². The molecule has 0 radical (unpaired) electrons. The quantitative estimate of drug-likeness (QED) is 0.600. The van der Waals surface area contributed by atoms with Crippen LogP contribution in [0.2, 0.25) is 0 Å². The summed E-state index contributed by atoms with van der Waals surface area (Å²) in [6.07, 6.45) is 0. The molecule has 2 aromatic carbocycles. The zero-order valence-electron chi connectivity index (χ0n) is 17.5. The van der Waals surface area contributed by atoms with Crippen molar-refractivity contribution >= 4 is 20.9 Å². The number of benzene rings is 2. The minimum Gasteiger partial charge on any atom is -0.497 e. The first-order chi connectivity index (χ1) is 14.2. The SMILES string of the molecule is COc1ccc2[nH]c(=O)c(CN(CCO)S(=O)(=O)c3c(C)cc(C)cc3C)cc2c1. The Morgan fingerprint density at radius 1 is 1.07 bits per heavy atom. The van der Waals surface area contributed by atoms with Gasteiger partial charge in [0.15, 0.2) is 0 Å². The van der Waals surface area contributed by atoms with E-state index in [1.807, 2.05) is 19.1 Å². The lowest BCUT2D eigenvalue weighted by Gasteiger charge is -2.23. The van der Waals surface area contributed by atoms with Gasteiger partial charge >= 0.3 is 0 Å². The first kappa shape index (κ1) is 22.0. The lowest BCUT2D eigenvalue weighted by atomic mass is 10.1. The molecule has 3 aromatic rings. The van der Waals surface area contributed by atoms with E-state index < -0.39 is 10.0 Å². The first-order valence-electron chi connectivity index (χ1n) is 9.56. The van der Waals surface area contributed by atoms with Crippen LogP contribution in [0.3, 0.4) is 0 Å². The fourth-order valence-corrected chi connectivity index (χ4v) is 5.58. The summed E-state index contributed by atoms with van der Waals surface area (Å²) in [5.41, 5.74) is 2.78. The maximum atomic E-state index is 13.4. The van der Waals surface area contributed by atoms with Gasteiger partial charge in [-0.15, -0.1) is 0 Å². The molecule has 0 spiro atoms. The van der Waals surface area contributed by atoms with Crippen LogP contribution in [0.1, 0.15) is 22.3 Å². The van der Waals surface area contributed by atoms with E-state index in [2.05, 4.69) is 4.98 Å². The predicted octanol–water partition coefficient (Wildman–Crippen LogP) is 2.65. The molecule has 0 atom stereocenters. The van der Waals surface area contributed by atoms with Gasteiger partial charge in [0, 0.05) is 29.6 Å². The standard InChI is InChI=1S/C22H26N2O5S/c1-14-9-15(2)21(16(3)10-14)30(27,28)24(7-8-25)13-18-11-17-12-19(29-4)5-6-20(17)23-22(18)26/h5-6,9-12,25H,7-8,13H2,1-4H3,(H,23,26). The van der Waals surface area contributed by atoms with Crippen molar-refractivity contribution in [2.75, 3.05) is 20.3 Å². The molecule has 0 aliphatic heterocycles. The number of aliphatic hydroxyl groups is 1. The van der Waals surface area contributed by atoms with Crippen molar-refractivity contribution in [3.05, 3.63) is 69.0 Å². The van der Waals surface area contributed by atoms with Gasteiger partial charge in [0.1, 0.15) is 5.75 Å². The Morgan fingerprint density at radius 3 is 2.33 bits per heavy atom. The average molecular weight is 431 g/mol. The summed E-state index contributed by atoms with van der Waals surface area (Å²) in [6.45, 7) is 4.77. The largest absolute Gasteiger partial charge is 0.497 e. The van der Waals surface area contributed by atoms with Crippen LogP contribution in [0.25, 0.3) is 10.9 Å². The summed E-state index contributed by atoms with van der Waals surface area (Å²) in [5, 5.41) is 10.2. The molecule has 2 N–H and O–H groups in total. The highest BCUT2D eigenvalue weighted by Gasteiger charge is 2.28. The van der Waals surface area contributed by atoms with Crippen molar-refractivity contribution in [2.24, 2.45) is 0 Å². The third-order valence-corrected chi connectivity index (χ3v) is 7.18. The fourth-order valence-electron chi connectivity index (χ4n) is 3.76. The number of sulfonamides is 1. The van der Waals surface area contributed by atoms with Crippen molar-refractivity contribution in [3.8, 4) is 5.75 Å². The van der Waals surface area contributed by atoms with Crippen molar-refractivity contribution < 1.29 is 18.3 Å². The van der Waals surface area contributed by atoms with E-state index in [1.165, 1.54) is 0 Å². The smallest absolute Gasteiger partial charge is 0.252 e. The second kappa shape index (κ2) is 8.59. The molecule has 1 heterocycles. The average Bonchev–Trinajstić information content (AvgIpc) is 2.66. The molecule has 0 saturated heterocycles. The van der Waals surface area contributed by atoms with Crippen molar-refractivity contribution in [1.29, 1.82) is 0 Å². The van der Waals surface area contributed by atoms with Crippen LogP contribution in [-0.2, 0) is 16.6 Å². The number of pyridine rings is 1. The molecule has 0 saturated carbocycles. The molecule has 0 amide bonds. The lowest BCUT2D eigenvalue weighted by Crippen LogP contribution is -2.35. The van der Waals surface area contributed by atoms with Crippen molar-refractivity contribution in [3.63, 3.8) is 0 Å². The van der Waals surface area contributed by atoms with E-state index in [1.54, 1.807) is 45.2 Å². The van der Waals surface area contributed by atoms with Crippen LogP contribution in [0.15, 0.2) is 46.1 Å². The highest BCUT2D eigenvalue weighted by atomic mass is 32.2. The zero-order valence-corrected chi connectivity index (χ0v) is 18.3. The number of H-pyrrole nitrogens is 1. The molecule has 0 aliphatic rings. The summed E-state index contributed by atoms with van der Waals surface area (Å²) in [5.74, 6) is 0.631. The van der Waals surface area contributed by atoms with Crippen LogP contribution >= 0.6 is 0 Å². The molecule has 3 rings (SSSR count). The number of methoxy groups -OCH3 is 1. The number of hydrogen-bond acceptors (Lipinski definition) is 5. The number of aryl methyl sites for hydroxylation is 3. The molecule has 8 heteroatoms. The van der Waals surface area contributed by atoms with E-state index in [0.717, 1.165) is 15.3 Å². The van der Waals surface area contributed by atoms with Gasteiger partial charge in [0.25, 0.3) is 5.56 Å². The minimum atomic E-state index is -3.93. The number of ether oxygens (including phenoxy) is 1. The summed E-state index contributed by atoms with van der Waals surface area (Å²) in [6, 6.07) is 10.5. The Balaban J connectivity index is 2.08. The molecule has 0 fully saturated rings. The molecule has 0 bridgehead atoms. The van der Waals surface area contributed by atoms with Crippen LogP contribution in [0.4, 0.5) is 0 Å². The number of rotatable bonds is 7. The lowest BCUT2D eigenvalue weighted by molar-refractivity contribution is 0.250. The first-order valence-corrected chi connectivity index (χ1v) is 11.0. The van der Waals surface area contributed by atoms with Gasteiger partial charge in [-0.2, -0.15) is 4.31 Å². The Morgan fingerprint density at radius 2 is 1.73 bits per heavy atom. The Labute approximate surface area is 176 Å². The summed E-state index contributed by atoms with van der Waals surface area (Å²) in [7, 11) is -2.38. The van der Waals surface area contributed by atoms with Gasteiger partial charge in [-0.1, -0.05) is 17.7 Å². The highest BCUT2D eigenvalue weighted by molar-refractivity contribution is 7.89. The fraction of sp³-hybridized carbons (Fsp3) is 0.318. The van der Waals surface area contributed by atoms with Crippen molar-refractivity contribution in [1.82, 2.24) is 9.29 Å². The van der Waals surface area contributed by atoms with Gasteiger partial charge in [0.2, 0.25) is 10.0 Å². The van der Waals surface area contributed by atoms with E-state index in [9.17, 15) is 18.3 Å². The predicted molar refractivity (Wildman–Crippen MR) is 116 cm³/mol. The molecular formula is C22H26N2O5S. The summed E-state index contributed by atoms with van der Waals surface area (Å²) in [4.78, 5) is 15.6. The third-order valence-electron chi connectivity index (χ3n) is 5.03. The van der Waals surface area contributed by atoms with Crippen LogP contribution in [0, 0.1) is 20.8 Å². The molecule has 1 aromatic heterocycles. The number of aliphatic hydroxyl groups excluding tert-OH is 1. The van der Waals surface area contributed by atoms with Gasteiger partial charge in [-0.05, 0) is 56.2 Å². The second-order valence-corrected chi connectivity index (χ2v) is 9.24. The molecule has 0 aliphatic carbocycles. The Bertz CT molecular complexity index is 1230. The number of nitrogens with zero attached hydrogens (tertiary/aromatic N) is 1. The van der Waals surface area contributed by atoms with Gasteiger partial charge in [0.05, 0.1) is 18.6 Å².